The van der Waals surface area contributed by atoms with Crippen LogP contribution in [0.1, 0.15) is 52.6 Å². The largest absolute Gasteiger partial charge is 0.494 e. The summed E-state index contributed by atoms with van der Waals surface area (Å²) in [6, 6.07) is 8.76. The number of rotatable bonds is 9. The summed E-state index contributed by atoms with van der Waals surface area (Å²) in [5.41, 5.74) is 1.38. The third-order valence-corrected chi connectivity index (χ3v) is 4.61. The Balaban J connectivity index is 3.17. The third-order valence-electron chi connectivity index (χ3n) is 4.61. The van der Waals surface area contributed by atoms with Crippen LogP contribution in [0.2, 0.25) is 0 Å². The Labute approximate surface area is 130 Å². The van der Waals surface area contributed by atoms with Crippen LogP contribution in [0, 0.1) is 0 Å². The summed E-state index contributed by atoms with van der Waals surface area (Å²) in [7, 11) is 2.05. The maximum Gasteiger partial charge on any atom is 0.119 e. The van der Waals surface area contributed by atoms with E-state index in [0.717, 1.165) is 25.3 Å². The van der Waals surface area contributed by atoms with Gasteiger partial charge in [-0.2, -0.15) is 0 Å². The van der Waals surface area contributed by atoms with Gasteiger partial charge in [-0.1, -0.05) is 32.9 Å². The molecule has 0 saturated heterocycles. The second kappa shape index (κ2) is 8.40. The standard InChI is InChI=1S/C18H32N2O/c1-7-18(5,20(8-2)9-3)17(19-6)15-12-11-13-16(14-15)21-10-4/h11-14,17,19H,7-10H2,1-6H3. The summed E-state index contributed by atoms with van der Waals surface area (Å²) in [5.74, 6) is 0.952. The van der Waals surface area contributed by atoms with Gasteiger partial charge in [0.2, 0.25) is 0 Å². The van der Waals surface area contributed by atoms with E-state index in [0.29, 0.717) is 6.61 Å². The number of ether oxygens (including phenoxy) is 1. The molecule has 2 atom stereocenters. The van der Waals surface area contributed by atoms with Gasteiger partial charge in [-0.25, -0.2) is 0 Å². The van der Waals surface area contributed by atoms with Crippen molar-refractivity contribution >= 4 is 0 Å². The summed E-state index contributed by atoms with van der Waals surface area (Å²) in [5, 5.41) is 3.53. The van der Waals surface area contributed by atoms with Gasteiger partial charge in [0.25, 0.3) is 0 Å². The highest BCUT2D eigenvalue weighted by Crippen LogP contribution is 2.35. The first-order chi connectivity index (χ1) is 10.1. The van der Waals surface area contributed by atoms with Crippen LogP contribution in [0.3, 0.4) is 0 Å². The molecule has 120 valence electrons. The van der Waals surface area contributed by atoms with Gasteiger partial charge < -0.3 is 10.1 Å². The molecule has 0 heterocycles. The zero-order valence-corrected chi connectivity index (χ0v) is 14.6. The van der Waals surface area contributed by atoms with Gasteiger partial charge >= 0.3 is 0 Å². The van der Waals surface area contributed by atoms with Gasteiger partial charge in [0.05, 0.1) is 12.6 Å². The van der Waals surface area contributed by atoms with Crippen molar-refractivity contribution in [2.45, 2.75) is 52.6 Å². The van der Waals surface area contributed by atoms with Crippen LogP contribution < -0.4 is 10.1 Å². The van der Waals surface area contributed by atoms with Crippen molar-refractivity contribution in [1.29, 1.82) is 0 Å². The lowest BCUT2D eigenvalue weighted by Crippen LogP contribution is -2.53. The number of nitrogens with one attached hydrogen (secondary N) is 1. The monoisotopic (exact) mass is 292 g/mol. The minimum atomic E-state index is 0.0864. The van der Waals surface area contributed by atoms with E-state index in [9.17, 15) is 0 Å². The minimum Gasteiger partial charge on any atom is -0.494 e. The smallest absolute Gasteiger partial charge is 0.119 e. The van der Waals surface area contributed by atoms with E-state index < -0.39 is 0 Å². The Morgan fingerprint density at radius 3 is 2.33 bits per heavy atom. The molecule has 0 amide bonds. The normalized spacial score (nSPS) is 15.8. The second-order valence-electron chi connectivity index (χ2n) is 5.61. The van der Waals surface area contributed by atoms with Gasteiger partial charge in [0.1, 0.15) is 5.75 Å². The van der Waals surface area contributed by atoms with Crippen LogP contribution in [0.25, 0.3) is 0 Å². The van der Waals surface area contributed by atoms with Crippen LogP contribution in [0.15, 0.2) is 24.3 Å². The van der Waals surface area contributed by atoms with Gasteiger partial charge in [-0.15, -0.1) is 0 Å². The van der Waals surface area contributed by atoms with E-state index in [-0.39, 0.29) is 11.6 Å². The Kier molecular flexibility index (Phi) is 7.20. The van der Waals surface area contributed by atoms with Gasteiger partial charge in [0, 0.05) is 5.54 Å². The fourth-order valence-corrected chi connectivity index (χ4v) is 3.34. The van der Waals surface area contributed by atoms with Crippen molar-refractivity contribution in [2.75, 3.05) is 26.7 Å². The summed E-state index contributed by atoms with van der Waals surface area (Å²) in [6.45, 7) is 13.9. The molecule has 0 aliphatic rings. The van der Waals surface area contributed by atoms with Crippen LogP contribution in [-0.4, -0.2) is 37.2 Å². The molecule has 1 aromatic carbocycles. The van der Waals surface area contributed by atoms with Gasteiger partial charge in [-0.3, -0.25) is 4.90 Å². The van der Waals surface area contributed by atoms with Crippen LogP contribution in [0.5, 0.6) is 5.75 Å². The van der Waals surface area contributed by atoms with E-state index in [1.54, 1.807) is 0 Å². The zero-order chi connectivity index (χ0) is 15.9. The predicted molar refractivity (Wildman–Crippen MR) is 91.0 cm³/mol. The van der Waals surface area contributed by atoms with E-state index in [1.165, 1.54) is 5.56 Å². The first-order valence-electron chi connectivity index (χ1n) is 8.22. The molecule has 3 heteroatoms. The molecule has 21 heavy (non-hydrogen) atoms. The number of hydrogen-bond acceptors (Lipinski definition) is 3. The Bertz CT molecular complexity index is 417. The maximum absolute atomic E-state index is 5.66. The summed E-state index contributed by atoms with van der Waals surface area (Å²) < 4.78 is 5.66. The van der Waals surface area contributed by atoms with Crippen molar-refractivity contribution in [3.05, 3.63) is 29.8 Å². The minimum absolute atomic E-state index is 0.0864. The molecule has 0 spiro atoms. The van der Waals surface area contributed by atoms with Crippen molar-refractivity contribution in [2.24, 2.45) is 0 Å². The first-order valence-corrected chi connectivity index (χ1v) is 8.22. The molecule has 0 bridgehead atoms. The molecule has 0 aliphatic heterocycles. The highest BCUT2D eigenvalue weighted by atomic mass is 16.5. The fourth-order valence-electron chi connectivity index (χ4n) is 3.34. The molecule has 0 aromatic heterocycles. The van der Waals surface area contributed by atoms with E-state index in [4.69, 9.17) is 4.74 Å². The van der Waals surface area contributed by atoms with Crippen molar-refractivity contribution < 1.29 is 4.74 Å². The predicted octanol–water partition coefficient (Wildman–Crippen LogP) is 3.86. The Hall–Kier alpha value is -1.06. The molecule has 0 radical (unpaired) electrons. The van der Waals surface area contributed by atoms with E-state index in [1.807, 2.05) is 13.0 Å². The molecular formula is C18H32N2O. The maximum atomic E-state index is 5.66. The molecule has 0 saturated carbocycles. The molecule has 2 unspecified atom stereocenters. The van der Waals surface area contributed by atoms with Crippen LogP contribution in [-0.2, 0) is 0 Å². The molecule has 0 fully saturated rings. The molecule has 0 aliphatic carbocycles. The van der Waals surface area contributed by atoms with Gasteiger partial charge in [0.15, 0.2) is 0 Å². The molecular weight excluding hydrogens is 260 g/mol. The number of hydrogen-bond donors (Lipinski definition) is 1. The van der Waals surface area contributed by atoms with Crippen molar-refractivity contribution in [3.63, 3.8) is 0 Å². The molecule has 1 N–H and O–H groups in total. The Morgan fingerprint density at radius 1 is 1.19 bits per heavy atom. The molecule has 1 rings (SSSR count). The van der Waals surface area contributed by atoms with Crippen LogP contribution in [0.4, 0.5) is 0 Å². The quantitative estimate of drug-likeness (QED) is 0.748. The van der Waals surface area contributed by atoms with E-state index in [2.05, 4.69) is 63.2 Å². The van der Waals surface area contributed by atoms with Crippen molar-refractivity contribution in [3.8, 4) is 5.75 Å². The lowest BCUT2D eigenvalue weighted by Gasteiger charge is -2.46. The number of likely N-dealkylation sites (N-methyl/N-ethyl adjacent to an activating group) is 2. The lowest BCUT2D eigenvalue weighted by molar-refractivity contribution is 0.0727. The zero-order valence-electron chi connectivity index (χ0n) is 14.6. The summed E-state index contributed by atoms with van der Waals surface area (Å²) >= 11 is 0. The average molecular weight is 292 g/mol. The number of nitrogens with zero attached hydrogens (tertiary/aromatic N) is 1. The third kappa shape index (κ3) is 3.98. The molecule has 3 nitrogen and oxygen atoms in total. The number of benzene rings is 1. The fraction of sp³-hybridized carbons (Fsp3) is 0.667. The molecule has 1 aromatic rings. The van der Waals surface area contributed by atoms with Crippen molar-refractivity contribution in [1.82, 2.24) is 10.2 Å². The topological polar surface area (TPSA) is 24.5 Å². The van der Waals surface area contributed by atoms with E-state index >= 15 is 0 Å². The summed E-state index contributed by atoms with van der Waals surface area (Å²) in [4.78, 5) is 2.54. The highest BCUT2D eigenvalue weighted by Gasteiger charge is 2.37. The first kappa shape index (κ1) is 18.0. The lowest BCUT2D eigenvalue weighted by atomic mass is 9.82. The SMILES string of the molecule is CCOc1cccc(C(NC)C(C)(CC)N(CC)CC)c1. The average Bonchev–Trinajstić information content (AvgIpc) is 2.50. The Morgan fingerprint density at radius 2 is 1.86 bits per heavy atom. The second-order valence-corrected chi connectivity index (χ2v) is 5.61. The van der Waals surface area contributed by atoms with Gasteiger partial charge in [-0.05, 0) is 58.1 Å². The highest BCUT2D eigenvalue weighted by molar-refractivity contribution is 5.32. The summed E-state index contributed by atoms with van der Waals surface area (Å²) in [6.07, 6.45) is 1.10. The van der Waals surface area contributed by atoms with Crippen LogP contribution >= 0.6 is 0 Å².